The highest BCUT2D eigenvalue weighted by Gasteiger charge is 2.34. The van der Waals surface area contributed by atoms with Crippen molar-refractivity contribution in [3.63, 3.8) is 0 Å². The van der Waals surface area contributed by atoms with Gasteiger partial charge in [0.2, 0.25) is 15.9 Å². The summed E-state index contributed by atoms with van der Waals surface area (Å²) in [5, 5.41) is 2.95. The number of H-pyrrole nitrogens is 1. The van der Waals surface area contributed by atoms with E-state index in [9.17, 15) is 18.0 Å². The van der Waals surface area contributed by atoms with Crippen LogP contribution in [0.2, 0.25) is 0 Å². The van der Waals surface area contributed by atoms with Gasteiger partial charge in [0.1, 0.15) is 10.6 Å². The quantitative estimate of drug-likeness (QED) is 0.675. The lowest BCUT2D eigenvalue weighted by Crippen LogP contribution is -2.43. The highest BCUT2D eigenvalue weighted by molar-refractivity contribution is 7.89. The topological polar surface area (TPSA) is 103 Å². The molecule has 0 bridgehead atoms. The summed E-state index contributed by atoms with van der Waals surface area (Å²) in [6.07, 6.45) is 4.53. The number of carbonyl (C=O) groups is 2. The first kappa shape index (κ1) is 24.5. The third-order valence-electron chi connectivity index (χ3n) is 6.84. The maximum Gasteiger partial charge on any atom is 0.270 e. The molecule has 0 unspecified atom stereocenters. The van der Waals surface area contributed by atoms with Crippen molar-refractivity contribution in [2.75, 3.05) is 31.5 Å². The Labute approximate surface area is 201 Å². The van der Waals surface area contributed by atoms with E-state index in [4.69, 9.17) is 0 Å². The van der Waals surface area contributed by atoms with Crippen LogP contribution >= 0.6 is 0 Å². The molecule has 2 aliphatic rings. The molecule has 34 heavy (non-hydrogen) atoms. The molecule has 8 nitrogen and oxygen atoms in total. The van der Waals surface area contributed by atoms with E-state index in [0.717, 1.165) is 29.7 Å². The van der Waals surface area contributed by atoms with Crippen LogP contribution in [0.4, 0.5) is 5.69 Å². The van der Waals surface area contributed by atoms with Gasteiger partial charge < -0.3 is 15.2 Å². The van der Waals surface area contributed by atoms with E-state index in [0.29, 0.717) is 38.4 Å². The molecule has 0 aliphatic carbocycles. The Balaban J connectivity index is 1.43. The maximum atomic E-state index is 13.3. The van der Waals surface area contributed by atoms with Gasteiger partial charge in [0, 0.05) is 38.1 Å². The highest BCUT2D eigenvalue weighted by atomic mass is 32.2. The van der Waals surface area contributed by atoms with E-state index in [1.807, 2.05) is 32.0 Å². The van der Waals surface area contributed by atoms with Crippen LogP contribution in [0.5, 0.6) is 0 Å². The summed E-state index contributed by atoms with van der Waals surface area (Å²) < 4.78 is 28.0. The number of rotatable bonds is 5. The number of hydrogen-bond donors (Lipinski definition) is 2. The van der Waals surface area contributed by atoms with Crippen molar-refractivity contribution in [2.45, 2.75) is 51.3 Å². The van der Waals surface area contributed by atoms with Crippen LogP contribution in [0, 0.1) is 25.7 Å². The van der Waals surface area contributed by atoms with Crippen LogP contribution in [0.15, 0.2) is 35.4 Å². The summed E-state index contributed by atoms with van der Waals surface area (Å²) in [5.74, 6) is -0.172. The Morgan fingerprint density at radius 1 is 1.00 bits per heavy atom. The van der Waals surface area contributed by atoms with Crippen molar-refractivity contribution in [1.82, 2.24) is 14.2 Å². The molecule has 2 saturated heterocycles. The number of carbonyl (C=O) groups excluding carboxylic acids is 2. The SMILES string of the molecule is Cc1cc(C)cc(NC(=O)[C@@H]2CCCN(S(=O)(=O)c3c[nH]c(C(=O)N4CCC(C)CC4)c3)C2)c1. The number of hydrogen-bond acceptors (Lipinski definition) is 4. The first-order valence-corrected chi connectivity index (χ1v) is 13.4. The number of benzene rings is 1. The van der Waals surface area contributed by atoms with Gasteiger partial charge in [-0.3, -0.25) is 9.59 Å². The third kappa shape index (κ3) is 5.36. The van der Waals surface area contributed by atoms with Crippen LogP contribution in [0.1, 0.15) is 54.2 Å². The minimum atomic E-state index is -3.82. The zero-order chi connectivity index (χ0) is 24.5. The molecule has 4 rings (SSSR count). The smallest absolute Gasteiger partial charge is 0.270 e. The lowest BCUT2D eigenvalue weighted by Gasteiger charge is -2.31. The van der Waals surface area contributed by atoms with Gasteiger partial charge in [-0.05, 0) is 74.8 Å². The van der Waals surface area contributed by atoms with Crippen LogP contribution in [-0.4, -0.2) is 60.6 Å². The molecule has 1 aromatic heterocycles. The van der Waals surface area contributed by atoms with Gasteiger partial charge in [-0.1, -0.05) is 13.0 Å². The summed E-state index contributed by atoms with van der Waals surface area (Å²) in [6.45, 7) is 7.97. The standard InChI is InChI=1S/C25H34N4O4S/c1-17-6-9-28(10-7-17)25(31)23-14-22(15-26-23)34(32,33)29-8-4-5-20(16-29)24(30)27-21-12-18(2)11-19(3)13-21/h11-15,17,20,26H,4-10,16H2,1-3H3,(H,27,30)/t20-/m1/s1. The molecule has 2 N–H and O–H groups in total. The van der Waals surface area contributed by atoms with E-state index in [2.05, 4.69) is 17.2 Å². The maximum absolute atomic E-state index is 13.3. The minimum Gasteiger partial charge on any atom is -0.356 e. The second-order valence-corrected chi connectivity index (χ2v) is 11.7. The van der Waals surface area contributed by atoms with Crippen molar-refractivity contribution in [3.05, 3.63) is 47.3 Å². The number of likely N-dealkylation sites (tertiary alicyclic amines) is 1. The molecule has 2 amide bonds. The van der Waals surface area contributed by atoms with Gasteiger partial charge in [0.15, 0.2) is 0 Å². The van der Waals surface area contributed by atoms with E-state index in [1.165, 1.54) is 16.6 Å². The fourth-order valence-corrected chi connectivity index (χ4v) is 6.36. The number of nitrogens with one attached hydrogen (secondary N) is 2. The number of sulfonamides is 1. The van der Waals surface area contributed by atoms with Gasteiger partial charge in [-0.25, -0.2) is 8.42 Å². The first-order chi connectivity index (χ1) is 16.1. The van der Waals surface area contributed by atoms with Crippen molar-refractivity contribution < 1.29 is 18.0 Å². The third-order valence-corrected chi connectivity index (χ3v) is 8.68. The Bertz CT molecular complexity index is 1150. The van der Waals surface area contributed by atoms with E-state index >= 15 is 0 Å². The summed E-state index contributed by atoms with van der Waals surface area (Å²) in [4.78, 5) is 30.4. The van der Waals surface area contributed by atoms with Gasteiger partial charge in [-0.2, -0.15) is 4.31 Å². The lowest BCUT2D eigenvalue weighted by atomic mass is 9.98. The molecule has 184 valence electrons. The molecule has 0 radical (unpaired) electrons. The molecule has 1 aromatic carbocycles. The summed E-state index contributed by atoms with van der Waals surface area (Å²) >= 11 is 0. The number of anilines is 1. The largest absolute Gasteiger partial charge is 0.356 e. The molecule has 2 aromatic rings. The molecule has 3 heterocycles. The number of aromatic nitrogens is 1. The second kappa shape index (κ2) is 9.92. The van der Waals surface area contributed by atoms with Crippen molar-refractivity contribution in [1.29, 1.82) is 0 Å². The average molecular weight is 487 g/mol. The first-order valence-electron chi connectivity index (χ1n) is 12.0. The molecule has 2 aliphatic heterocycles. The summed E-state index contributed by atoms with van der Waals surface area (Å²) in [7, 11) is -3.82. The number of aryl methyl sites for hydroxylation is 2. The van der Waals surface area contributed by atoms with Gasteiger partial charge in [0.25, 0.3) is 5.91 Å². The van der Waals surface area contributed by atoms with Crippen LogP contribution < -0.4 is 5.32 Å². The fourth-order valence-electron chi connectivity index (χ4n) is 4.84. The molecule has 9 heteroatoms. The summed E-state index contributed by atoms with van der Waals surface area (Å²) in [6, 6.07) is 7.27. The predicted octanol–water partition coefficient (Wildman–Crippen LogP) is 3.54. The number of aromatic amines is 1. The predicted molar refractivity (Wildman–Crippen MR) is 131 cm³/mol. The fraction of sp³-hybridized carbons (Fsp3) is 0.520. The highest BCUT2D eigenvalue weighted by Crippen LogP contribution is 2.26. The van der Waals surface area contributed by atoms with E-state index in [-0.39, 0.29) is 28.9 Å². The van der Waals surface area contributed by atoms with E-state index in [1.54, 1.807) is 4.90 Å². The second-order valence-electron chi connectivity index (χ2n) is 9.79. The van der Waals surface area contributed by atoms with Gasteiger partial charge in [-0.15, -0.1) is 0 Å². The molecule has 1 atom stereocenters. The normalized spacial score (nSPS) is 20.3. The van der Waals surface area contributed by atoms with Gasteiger partial charge in [0.05, 0.1) is 5.92 Å². The molecule has 0 saturated carbocycles. The molecular formula is C25H34N4O4S. The molecular weight excluding hydrogens is 452 g/mol. The van der Waals surface area contributed by atoms with Gasteiger partial charge >= 0.3 is 0 Å². The van der Waals surface area contributed by atoms with Crippen LogP contribution in [0.3, 0.4) is 0 Å². The van der Waals surface area contributed by atoms with Crippen molar-refractivity contribution in [2.24, 2.45) is 11.8 Å². The number of amides is 2. The number of piperidine rings is 2. The molecule has 0 spiro atoms. The van der Waals surface area contributed by atoms with Crippen molar-refractivity contribution >= 4 is 27.5 Å². The molecule has 2 fully saturated rings. The van der Waals surface area contributed by atoms with Crippen LogP contribution in [-0.2, 0) is 14.8 Å². The number of nitrogens with zero attached hydrogens (tertiary/aromatic N) is 2. The van der Waals surface area contributed by atoms with Crippen LogP contribution in [0.25, 0.3) is 0 Å². The van der Waals surface area contributed by atoms with Crippen molar-refractivity contribution in [3.8, 4) is 0 Å². The minimum absolute atomic E-state index is 0.0663. The monoisotopic (exact) mass is 486 g/mol. The Hall–Kier alpha value is -2.65. The zero-order valence-electron chi connectivity index (χ0n) is 20.1. The Morgan fingerprint density at radius 2 is 1.68 bits per heavy atom. The summed E-state index contributed by atoms with van der Waals surface area (Å²) in [5.41, 5.74) is 3.12. The Kier molecular flexibility index (Phi) is 7.14. The van der Waals surface area contributed by atoms with E-state index < -0.39 is 15.9 Å². The zero-order valence-corrected chi connectivity index (χ0v) is 21.0. The lowest BCUT2D eigenvalue weighted by molar-refractivity contribution is -0.120. The average Bonchev–Trinajstić information content (AvgIpc) is 3.30. The Morgan fingerprint density at radius 3 is 2.35 bits per heavy atom.